The van der Waals surface area contributed by atoms with Gasteiger partial charge in [0, 0.05) is 5.56 Å². The van der Waals surface area contributed by atoms with Gasteiger partial charge < -0.3 is 9.47 Å². The Kier molecular flexibility index (Phi) is 6.43. The first-order valence-electron chi connectivity index (χ1n) is 7.43. The number of hydrogen-bond acceptors (Lipinski definition) is 5. The van der Waals surface area contributed by atoms with Crippen molar-refractivity contribution in [2.75, 3.05) is 6.61 Å². The molecule has 0 saturated heterocycles. The molecular weight excluding hydrogens is 338 g/mol. The van der Waals surface area contributed by atoms with Crippen molar-refractivity contribution in [3.05, 3.63) is 35.9 Å². The molecule has 0 fully saturated rings. The van der Waals surface area contributed by atoms with Crippen LogP contribution in [0.1, 0.15) is 38.1 Å². The molecule has 1 aromatic carbocycles. The Morgan fingerprint density at radius 3 is 2.16 bits per heavy atom. The van der Waals surface area contributed by atoms with E-state index in [0.29, 0.717) is 0 Å². The zero-order valence-electron chi connectivity index (χ0n) is 14.3. The molecule has 138 valence electrons. The molecule has 1 N–H and O–H groups in total. The molecule has 9 heteroatoms. The van der Waals surface area contributed by atoms with Crippen LogP contribution in [0.5, 0.6) is 0 Å². The van der Waals surface area contributed by atoms with Gasteiger partial charge in [-0.3, -0.25) is 4.79 Å². The van der Waals surface area contributed by atoms with Crippen LogP contribution >= 0.6 is 0 Å². The molecule has 0 aliphatic rings. The number of nitrogens with zero attached hydrogens (tertiary/aromatic N) is 1. The molecule has 25 heavy (non-hydrogen) atoms. The molecular formula is C16H20F2N2O5. The van der Waals surface area contributed by atoms with Crippen molar-refractivity contribution in [1.82, 2.24) is 10.4 Å². The van der Waals surface area contributed by atoms with Crippen molar-refractivity contribution in [3.63, 3.8) is 0 Å². The number of nitrogens with one attached hydrogen (secondary N) is 1. The number of hydrogen-bond donors (Lipinski definition) is 1. The Morgan fingerprint density at radius 2 is 1.68 bits per heavy atom. The zero-order valence-corrected chi connectivity index (χ0v) is 14.3. The number of carbonyl (C=O) groups excluding carboxylic acids is 3. The molecule has 0 aliphatic carbocycles. The number of carbonyl (C=O) groups is 3. The molecule has 0 bridgehead atoms. The first-order chi connectivity index (χ1) is 11.5. The molecule has 0 atom stereocenters. The topological polar surface area (TPSA) is 84.9 Å². The van der Waals surface area contributed by atoms with Crippen LogP contribution in [-0.4, -0.2) is 41.2 Å². The molecule has 0 spiro atoms. The molecule has 0 aromatic heterocycles. The minimum absolute atomic E-state index is 0.235. The quantitative estimate of drug-likeness (QED) is 0.507. The zero-order chi connectivity index (χ0) is 19.3. The van der Waals surface area contributed by atoms with Gasteiger partial charge >= 0.3 is 18.2 Å². The first-order valence-corrected chi connectivity index (χ1v) is 7.43. The SMILES string of the molecule is CCOC(=O)N(NC(=O)OC(C)(C)C)C(F)(F)C(=O)c1ccccc1. The Morgan fingerprint density at radius 1 is 1.12 bits per heavy atom. The van der Waals surface area contributed by atoms with E-state index in [2.05, 4.69) is 4.74 Å². The van der Waals surface area contributed by atoms with Gasteiger partial charge in [-0.2, -0.15) is 8.78 Å². The van der Waals surface area contributed by atoms with E-state index < -0.39 is 34.6 Å². The molecule has 0 aliphatic heterocycles. The second kappa shape index (κ2) is 7.91. The highest BCUT2D eigenvalue weighted by Gasteiger charge is 2.51. The second-order valence-corrected chi connectivity index (χ2v) is 5.88. The largest absolute Gasteiger partial charge is 0.448 e. The average molecular weight is 358 g/mol. The first kappa shape index (κ1) is 20.3. The number of rotatable bonds is 4. The molecule has 0 heterocycles. The van der Waals surface area contributed by atoms with Gasteiger partial charge in [0.25, 0.3) is 5.78 Å². The molecule has 1 aromatic rings. The maximum absolute atomic E-state index is 14.5. The van der Waals surface area contributed by atoms with Crippen molar-refractivity contribution in [2.24, 2.45) is 0 Å². The number of hydrazine groups is 1. The predicted octanol–water partition coefficient (Wildman–Crippen LogP) is 3.36. The summed E-state index contributed by atoms with van der Waals surface area (Å²) in [5.74, 6) is -1.68. The van der Waals surface area contributed by atoms with Gasteiger partial charge in [0.2, 0.25) is 0 Å². The van der Waals surface area contributed by atoms with E-state index in [0.717, 1.165) is 12.1 Å². The normalized spacial score (nSPS) is 11.4. The van der Waals surface area contributed by atoms with E-state index in [-0.39, 0.29) is 12.2 Å². The van der Waals surface area contributed by atoms with Crippen LogP contribution in [0.4, 0.5) is 18.4 Å². The Hall–Kier alpha value is -2.71. The van der Waals surface area contributed by atoms with Gasteiger partial charge in [0.15, 0.2) is 0 Å². The van der Waals surface area contributed by atoms with E-state index in [4.69, 9.17) is 4.74 Å². The number of ether oxygens (including phenoxy) is 2. The summed E-state index contributed by atoms with van der Waals surface area (Å²) in [6, 6.07) is 2.25. The van der Waals surface area contributed by atoms with E-state index in [1.54, 1.807) is 5.43 Å². The molecule has 7 nitrogen and oxygen atoms in total. The summed E-state index contributed by atoms with van der Waals surface area (Å²) >= 11 is 0. The fraction of sp³-hybridized carbons (Fsp3) is 0.438. The summed E-state index contributed by atoms with van der Waals surface area (Å²) in [4.78, 5) is 35.7. The number of alkyl halides is 2. The van der Waals surface area contributed by atoms with Crippen LogP contribution in [0.15, 0.2) is 30.3 Å². The summed E-state index contributed by atoms with van der Waals surface area (Å²) < 4.78 is 38.4. The molecule has 2 amide bonds. The highest BCUT2D eigenvalue weighted by Crippen LogP contribution is 2.25. The number of Topliss-reactive ketones (excluding diaryl/α,β-unsaturated/α-hetero) is 1. The fourth-order valence-electron chi connectivity index (χ4n) is 1.68. The van der Waals surface area contributed by atoms with Gasteiger partial charge in [0.05, 0.1) is 6.61 Å². The smallest absolute Gasteiger partial charge is 0.434 e. The van der Waals surface area contributed by atoms with Crippen LogP contribution in [0.25, 0.3) is 0 Å². The Labute approximate surface area is 143 Å². The van der Waals surface area contributed by atoms with Crippen molar-refractivity contribution >= 4 is 18.0 Å². The van der Waals surface area contributed by atoms with E-state index in [1.165, 1.54) is 45.9 Å². The van der Waals surface area contributed by atoms with E-state index in [1.807, 2.05) is 0 Å². The summed E-state index contributed by atoms with van der Waals surface area (Å²) in [5, 5.41) is -0.472. The average Bonchev–Trinajstić information content (AvgIpc) is 2.51. The van der Waals surface area contributed by atoms with Crippen molar-refractivity contribution in [1.29, 1.82) is 0 Å². The summed E-state index contributed by atoms with van der Waals surface area (Å²) in [6.45, 7) is 5.68. The minimum atomic E-state index is -4.38. The lowest BCUT2D eigenvalue weighted by atomic mass is 10.1. The third-order valence-corrected chi connectivity index (χ3v) is 2.64. The molecule has 0 radical (unpaired) electrons. The van der Waals surface area contributed by atoms with Crippen molar-refractivity contribution in [3.8, 4) is 0 Å². The Balaban J connectivity index is 3.10. The van der Waals surface area contributed by atoms with Crippen LogP contribution < -0.4 is 5.43 Å². The maximum atomic E-state index is 14.5. The van der Waals surface area contributed by atoms with Crippen LogP contribution in [0.3, 0.4) is 0 Å². The highest BCUT2D eigenvalue weighted by molar-refractivity contribution is 6.02. The number of benzene rings is 1. The monoisotopic (exact) mass is 358 g/mol. The van der Waals surface area contributed by atoms with Crippen LogP contribution in [-0.2, 0) is 9.47 Å². The van der Waals surface area contributed by atoms with E-state index in [9.17, 15) is 23.2 Å². The lowest BCUT2D eigenvalue weighted by molar-refractivity contribution is -0.118. The molecule has 1 rings (SSSR count). The summed E-state index contributed by atoms with van der Waals surface area (Å²) in [5.41, 5.74) is 0.239. The van der Waals surface area contributed by atoms with E-state index >= 15 is 0 Å². The van der Waals surface area contributed by atoms with Crippen LogP contribution in [0, 0.1) is 0 Å². The van der Waals surface area contributed by atoms with Crippen molar-refractivity contribution in [2.45, 2.75) is 39.3 Å². The van der Waals surface area contributed by atoms with Crippen molar-refractivity contribution < 1.29 is 32.6 Å². The highest BCUT2D eigenvalue weighted by atomic mass is 19.3. The second-order valence-electron chi connectivity index (χ2n) is 5.88. The minimum Gasteiger partial charge on any atom is -0.448 e. The summed E-state index contributed by atoms with van der Waals surface area (Å²) in [7, 11) is 0. The number of ketones is 1. The van der Waals surface area contributed by atoms with Gasteiger partial charge in [-0.05, 0) is 27.7 Å². The summed E-state index contributed by atoms with van der Waals surface area (Å²) in [6.07, 6.45) is -2.93. The lowest BCUT2D eigenvalue weighted by Crippen LogP contribution is -2.60. The Bertz CT molecular complexity index is 629. The number of halogens is 2. The lowest BCUT2D eigenvalue weighted by Gasteiger charge is -2.30. The standard InChI is InChI=1S/C16H20F2N2O5/c1-5-24-14(23)20(19-13(22)25-15(2,3)4)16(17,18)12(21)11-9-7-6-8-10-11/h6-10H,5H2,1-4H3,(H,19,22). The van der Waals surface area contributed by atoms with Gasteiger partial charge in [-0.1, -0.05) is 30.3 Å². The predicted molar refractivity (Wildman–Crippen MR) is 84.0 cm³/mol. The third-order valence-electron chi connectivity index (χ3n) is 2.64. The van der Waals surface area contributed by atoms with Crippen LogP contribution in [0.2, 0.25) is 0 Å². The third kappa shape index (κ3) is 5.70. The molecule has 0 saturated carbocycles. The fourth-order valence-corrected chi connectivity index (χ4v) is 1.68. The number of amides is 2. The van der Waals surface area contributed by atoms with Gasteiger partial charge in [-0.15, -0.1) is 5.01 Å². The van der Waals surface area contributed by atoms with Gasteiger partial charge in [0.1, 0.15) is 5.60 Å². The maximum Gasteiger partial charge on any atom is 0.434 e. The molecule has 0 unspecified atom stereocenters. The van der Waals surface area contributed by atoms with Gasteiger partial charge in [-0.25, -0.2) is 15.0 Å².